The third-order valence-corrected chi connectivity index (χ3v) is 9.02. The van der Waals surface area contributed by atoms with Gasteiger partial charge in [-0.3, -0.25) is 0 Å². The average Bonchev–Trinajstić information content (AvgIpc) is 3.44. The van der Waals surface area contributed by atoms with E-state index in [0.717, 1.165) is 39.3 Å². The topological polar surface area (TPSA) is 25.6 Å². The van der Waals surface area contributed by atoms with Crippen molar-refractivity contribution in [3.05, 3.63) is 108 Å². The zero-order valence-corrected chi connectivity index (χ0v) is 25.1. The van der Waals surface area contributed by atoms with E-state index in [9.17, 15) is 0 Å². The lowest BCUT2D eigenvalue weighted by Crippen LogP contribution is -2.56. The summed E-state index contributed by atoms with van der Waals surface area (Å²) in [5.74, 6) is 0.917. The molecule has 2 aliphatic heterocycles. The molecule has 0 unspecified atom stereocenters. The lowest BCUT2D eigenvalue weighted by atomic mass is 9.48. The van der Waals surface area contributed by atoms with E-state index in [0.29, 0.717) is 0 Å². The fourth-order valence-electron chi connectivity index (χ4n) is 6.75. The minimum atomic E-state index is -0.260. The van der Waals surface area contributed by atoms with Crippen LogP contribution in [0.15, 0.2) is 102 Å². The van der Waals surface area contributed by atoms with Crippen molar-refractivity contribution < 1.29 is 9.07 Å². The lowest BCUT2D eigenvalue weighted by molar-refractivity contribution is 0.568. The molecule has 42 heavy (non-hydrogen) atoms. The first-order valence-electron chi connectivity index (χ1n) is 14.9. The molecule has 0 amide bonds. The van der Waals surface area contributed by atoms with E-state index < -0.39 is 0 Å². The second kappa shape index (κ2) is 8.55. The van der Waals surface area contributed by atoms with Crippen LogP contribution in [0.5, 0.6) is 5.75 Å². The van der Waals surface area contributed by atoms with Crippen molar-refractivity contribution in [2.24, 2.45) is 0 Å². The highest BCUT2D eigenvalue weighted by Crippen LogP contribution is 2.48. The Bertz CT molecular complexity index is 2020. The van der Waals surface area contributed by atoms with Gasteiger partial charge in [-0.25, -0.2) is 0 Å². The van der Waals surface area contributed by atoms with Gasteiger partial charge in [0.1, 0.15) is 5.75 Å². The fraction of sp³-hybridized carbons (Fsp3) is 0.211. The summed E-state index contributed by atoms with van der Waals surface area (Å²) in [5.41, 5.74) is 11.5. The third-order valence-electron chi connectivity index (χ3n) is 9.02. The Kier molecular flexibility index (Phi) is 5.15. The lowest BCUT2D eigenvalue weighted by Gasteiger charge is -2.40. The SMILES string of the molecule is CC(C)(C)c1cc(N2c3ccc4ccccc4c3B3Oc4ccccc4-c4cc5ccoc5c2c43)cc(C(C)(C)C)c1. The van der Waals surface area contributed by atoms with Gasteiger partial charge in [0.25, 0.3) is 0 Å². The maximum absolute atomic E-state index is 6.97. The Morgan fingerprint density at radius 3 is 2.12 bits per heavy atom. The fourth-order valence-corrected chi connectivity index (χ4v) is 6.75. The first-order chi connectivity index (χ1) is 20.1. The van der Waals surface area contributed by atoms with Gasteiger partial charge in [0.15, 0.2) is 5.58 Å². The van der Waals surface area contributed by atoms with E-state index >= 15 is 0 Å². The number of hydrogen-bond donors (Lipinski definition) is 0. The van der Waals surface area contributed by atoms with E-state index in [2.05, 4.69) is 137 Å². The molecule has 0 fully saturated rings. The molecule has 6 aromatic rings. The molecule has 0 N–H and O–H groups in total. The van der Waals surface area contributed by atoms with Crippen molar-refractivity contribution in [1.82, 2.24) is 0 Å². The van der Waals surface area contributed by atoms with Gasteiger partial charge in [0, 0.05) is 33.3 Å². The molecule has 3 nitrogen and oxygen atoms in total. The van der Waals surface area contributed by atoms with Crippen molar-refractivity contribution in [1.29, 1.82) is 0 Å². The standard InChI is InChI=1S/C38H34BNO2/c1-37(2,3)25-20-26(38(4,5)6)22-27(21-25)40-31-16-15-23-11-7-8-12-28(23)33(31)39-34-30(29-13-9-10-14-32(29)42-39)19-24-17-18-41-36(24)35(34)40/h7-22H,1-6H3. The maximum Gasteiger partial charge on any atom is 0.432 e. The first-order valence-corrected chi connectivity index (χ1v) is 14.9. The molecule has 8 rings (SSSR count). The van der Waals surface area contributed by atoms with Gasteiger partial charge in [-0.1, -0.05) is 96.1 Å². The van der Waals surface area contributed by atoms with E-state index in [4.69, 9.17) is 9.07 Å². The molecule has 4 heteroatoms. The molecule has 0 radical (unpaired) electrons. The molecular formula is C38H34BNO2. The number of hydrogen-bond acceptors (Lipinski definition) is 3. The summed E-state index contributed by atoms with van der Waals surface area (Å²) in [4.78, 5) is 2.45. The van der Waals surface area contributed by atoms with Gasteiger partial charge in [0.2, 0.25) is 0 Å². The number of para-hydroxylation sites is 1. The van der Waals surface area contributed by atoms with Crippen LogP contribution >= 0.6 is 0 Å². The number of rotatable bonds is 1. The molecule has 206 valence electrons. The van der Waals surface area contributed by atoms with Crippen LogP contribution in [0.2, 0.25) is 0 Å². The summed E-state index contributed by atoms with van der Waals surface area (Å²) in [6.07, 6.45) is 1.81. The van der Waals surface area contributed by atoms with E-state index in [-0.39, 0.29) is 17.7 Å². The van der Waals surface area contributed by atoms with Crippen LogP contribution in [0.3, 0.4) is 0 Å². The minimum absolute atomic E-state index is 0.0152. The average molecular weight is 548 g/mol. The second-order valence-electron chi connectivity index (χ2n) is 13.8. The molecule has 3 heterocycles. The van der Waals surface area contributed by atoms with Gasteiger partial charge in [-0.15, -0.1) is 0 Å². The highest BCUT2D eigenvalue weighted by molar-refractivity contribution is 6.87. The smallest absolute Gasteiger partial charge is 0.432 e. The van der Waals surface area contributed by atoms with Crippen molar-refractivity contribution in [2.75, 3.05) is 4.90 Å². The zero-order valence-electron chi connectivity index (χ0n) is 25.1. The quantitative estimate of drug-likeness (QED) is 0.192. The Morgan fingerprint density at radius 1 is 0.643 bits per heavy atom. The van der Waals surface area contributed by atoms with Gasteiger partial charge in [-0.05, 0) is 74.7 Å². The summed E-state index contributed by atoms with van der Waals surface area (Å²) in [7, 11) is 0. The van der Waals surface area contributed by atoms with Gasteiger partial charge < -0.3 is 14.0 Å². The zero-order chi connectivity index (χ0) is 29.0. The molecule has 2 aliphatic rings. The van der Waals surface area contributed by atoms with E-state index in [1.165, 1.54) is 38.4 Å². The Labute approximate surface area is 247 Å². The van der Waals surface area contributed by atoms with Crippen LogP contribution in [-0.4, -0.2) is 6.92 Å². The molecular weight excluding hydrogens is 513 g/mol. The molecule has 0 spiro atoms. The Balaban J connectivity index is 1.55. The summed E-state index contributed by atoms with van der Waals surface area (Å²) in [5, 5.41) is 3.52. The molecule has 0 saturated carbocycles. The first kappa shape index (κ1) is 25.3. The van der Waals surface area contributed by atoms with Crippen LogP contribution in [0, 0.1) is 0 Å². The van der Waals surface area contributed by atoms with Crippen LogP contribution in [0.25, 0.3) is 32.9 Å². The second-order valence-corrected chi connectivity index (χ2v) is 13.8. The predicted molar refractivity (Wildman–Crippen MR) is 177 cm³/mol. The van der Waals surface area contributed by atoms with Crippen molar-refractivity contribution in [3.63, 3.8) is 0 Å². The summed E-state index contributed by atoms with van der Waals surface area (Å²) in [6.45, 7) is 13.5. The van der Waals surface area contributed by atoms with Gasteiger partial charge in [-0.2, -0.15) is 0 Å². The van der Waals surface area contributed by atoms with E-state index in [1.807, 2.05) is 6.26 Å². The number of fused-ring (bicyclic) bond motifs is 8. The molecule has 0 bridgehead atoms. The van der Waals surface area contributed by atoms with Gasteiger partial charge >= 0.3 is 6.92 Å². The molecule has 0 saturated heterocycles. The van der Waals surface area contributed by atoms with Crippen LogP contribution in [-0.2, 0) is 10.8 Å². The number of furan rings is 1. The maximum atomic E-state index is 6.97. The third kappa shape index (κ3) is 3.61. The number of nitrogens with zero attached hydrogens (tertiary/aromatic N) is 1. The van der Waals surface area contributed by atoms with Crippen molar-refractivity contribution in [3.8, 4) is 16.9 Å². The van der Waals surface area contributed by atoms with Crippen molar-refractivity contribution in [2.45, 2.75) is 52.4 Å². The summed E-state index contributed by atoms with van der Waals surface area (Å²) < 4.78 is 13.3. The molecule has 0 aliphatic carbocycles. The van der Waals surface area contributed by atoms with Gasteiger partial charge in [0.05, 0.1) is 12.0 Å². The molecule has 0 atom stereocenters. The summed E-state index contributed by atoms with van der Waals surface area (Å²) >= 11 is 0. The Hall–Kier alpha value is -4.44. The van der Waals surface area contributed by atoms with Crippen molar-refractivity contribution >= 4 is 56.6 Å². The Morgan fingerprint density at radius 2 is 1.36 bits per heavy atom. The predicted octanol–water partition coefficient (Wildman–Crippen LogP) is 9.13. The number of benzene rings is 5. The van der Waals surface area contributed by atoms with E-state index in [1.54, 1.807) is 0 Å². The van der Waals surface area contributed by atoms with Crippen LogP contribution in [0.1, 0.15) is 52.7 Å². The normalized spacial score (nSPS) is 14.0. The van der Waals surface area contributed by atoms with Crippen LogP contribution in [0.4, 0.5) is 17.1 Å². The monoisotopic (exact) mass is 547 g/mol. The molecule has 1 aromatic heterocycles. The minimum Gasteiger partial charge on any atom is -0.551 e. The highest BCUT2D eigenvalue weighted by Gasteiger charge is 2.45. The highest BCUT2D eigenvalue weighted by atomic mass is 16.4. The number of anilines is 3. The summed E-state index contributed by atoms with van der Waals surface area (Å²) in [6, 6.07) is 33.1. The molecule has 5 aromatic carbocycles. The van der Waals surface area contributed by atoms with Crippen LogP contribution < -0.4 is 20.5 Å². The largest absolute Gasteiger partial charge is 0.551 e.